The van der Waals surface area contributed by atoms with E-state index in [1.54, 1.807) is 0 Å². The SMILES string of the molecule is CN(C)CCNC(CN)(C(N)CC1CC1)N(C)C. The molecule has 0 heterocycles. The van der Waals surface area contributed by atoms with Gasteiger partial charge in [-0.1, -0.05) is 12.8 Å². The molecule has 108 valence electrons. The predicted molar refractivity (Wildman–Crippen MR) is 77.3 cm³/mol. The lowest BCUT2D eigenvalue weighted by molar-refractivity contribution is 0.0773. The van der Waals surface area contributed by atoms with Crippen molar-refractivity contribution in [2.75, 3.05) is 47.8 Å². The second-order valence-corrected chi connectivity index (χ2v) is 6.04. The van der Waals surface area contributed by atoms with Crippen LogP contribution in [0.1, 0.15) is 19.3 Å². The van der Waals surface area contributed by atoms with Crippen LogP contribution in [0.15, 0.2) is 0 Å². The van der Waals surface area contributed by atoms with E-state index in [0.717, 1.165) is 25.4 Å². The number of hydrogen-bond donors (Lipinski definition) is 3. The summed E-state index contributed by atoms with van der Waals surface area (Å²) in [5.41, 5.74) is 12.2. The number of nitrogens with one attached hydrogen (secondary N) is 1. The minimum absolute atomic E-state index is 0.0900. The average Bonchev–Trinajstić information content (AvgIpc) is 3.07. The van der Waals surface area contributed by atoms with Crippen LogP contribution >= 0.6 is 0 Å². The molecule has 0 saturated heterocycles. The molecule has 0 amide bonds. The second kappa shape index (κ2) is 6.82. The number of nitrogens with two attached hydrogens (primary N) is 2. The Hall–Kier alpha value is -0.200. The van der Waals surface area contributed by atoms with E-state index < -0.39 is 0 Å². The maximum Gasteiger partial charge on any atom is 0.0989 e. The highest BCUT2D eigenvalue weighted by atomic mass is 15.3. The van der Waals surface area contributed by atoms with E-state index in [-0.39, 0.29) is 11.7 Å². The van der Waals surface area contributed by atoms with E-state index in [1.807, 2.05) is 0 Å². The molecule has 0 aromatic carbocycles. The van der Waals surface area contributed by atoms with Gasteiger partial charge in [0.15, 0.2) is 0 Å². The Kier molecular flexibility index (Phi) is 6.01. The predicted octanol–water partition coefficient (Wildman–Crippen LogP) is -0.518. The van der Waals surface area contributed by atoms with Gasteiger partial charge in [-0.2, -0.15) is 0 Å². The minimum atomic E-state index is -0.279. The molecule has 0 aromatic heterocycles. The monoisotopic (exact) mass is 257 g/mol. The Morgan fingerprint density at radius 2 is 1.89 bits per heavy atom. The maximum atomic E-state index is 6.42. The number of rotatable bonds is 9. The van der Waals surface area contributed by atoms with Crippen LogP contribution in [0.4, 0.5) is 0 Å². The molecule has 0 spiro atoms. The summed E-state index contributed by atoms with van der Waals surface area (Å²) >= 11 is 0. The molecule has 18 heavy (non-hydrogen) atoms. The average molecular weight is 257 g/mol. The molecule has 0 radical (unpaired) electrons. The molecule has 5 heteroatoms. The normalized spacial score (nSPS) is 21.3. The summed E-state index contributed by atoms with van der Waals surface area (Å²) in [6, 6.07) is 0.0900. The zero-order valence-corrected chi connectivity index (χ0v) is 12.4. The molecule has 2 atom stereocenters. The molecule has 2 unspecified atom stereocenters. The van der Waals surface area contributed by atoms with Crippen LogP contribution in [-0.2, 0) is 0 Å². The highest BCUT2D eigenvalue weighted by Crippen LogP contribution is 2.35. The second-order valence-electron chi connectivity index (χ2n) is 6.04. The van der Waals surface area contributed by atoms with Crippen LogP contribution in [0.2, 0.25) is 0 Å². The molecular weight excluding hydrogens is 226 g/mol. The van der Waals surface area contributed by atoms with Gasteiger partial charge in [-0.3, -0.25) is 10.2 Å². The van der Waals surface area contributed by atoms with Crippen molar-refractivity contribution in [2.24, 2.45) is 17.4 Å². The fourth-order valence-corrected chi connectivity index (χ4v) is 2.43. The Morgan fingerprint density at radius 1 is 1.28 bits per heavy atom. The highest BCUT2D eigenvalue weighted by molar-refractivity contribution is 4.98. The van der Waals surface area contributed by atoms with E-state index >= 15 is 0 Å². The van der Waals surface area contributed by atoms with Gasteiger partial charge in [0.05, 0.1) is 5.66 Å². The van der Waals surface area contributed by atoms with Crippen LogP contribution in [0, 0.1) is 5.92 Å². The zero-order valence-electron chi connectivity index (χ0n) is 12.4. The Morgan fingerprint density at radius 3 is 2.28 bits per heavy atom. The fraction of sp³-hybridized carbons (Fsp3) is 1.00. The third-order valence-corrected chi connectivity index (χ3v) is 4.00. The Labute approximate surface area is 112 Å². The van der Waals surface area contributed by atoms with Gasteiger partial charge in [0.25, 0.3) is 0 Å². The lowest BCUT2D eigenvalue weighted by Gasteiger charge is -2.44. The quantitative estimate of drug-likeness (QED) is 0.485. The topological polar surface area (TPSA) is 70.5 Å². The lowest BCUT2D eigenvalue weighted by atomic mass is 9.94. The van der Waals surface area contributed by atoms with Gasteiger partial charge >= 0.3 is 0 Å². The summed E-state index contributed by atoms with van der Waals surface area (Å²) in [4.78, 5) is 4.31. The van der Waals surface area contributed by atoms with Crippen LogP contribution in [0.3, 0.4) is 0 Å². The Bertz CT molecular complexity index is 240. The highest BCUT2D eigenvalue weighted by Gasteiger charge is 2.40. The van der Waals surface area contributed by atoms with Crippen molar-refractivity contribution in [3.05, 3.63) is 0 Å². The fourth-order valence-electron chi connectivity index (χ4n) is 2.43. The molecule has 1 aliphatic carbocycles. The number of nitrogens with zero attached hydrogens (tertiary/aromatic N) is 2. The Balaban J connectivity index is 2.59. The number of hydrogen-bond acceptors (Lipinski definition) is 5. The molecule has 0 aliphatic heterocycles. The first-order valence-electron chi connectivity index (χ1n) is 6.95. The number of likely N-dealkylation sites (N-methyl/N-ethyl adjacent to an activating group) is 2. The zero-order chi connectivity index (χ0) is 13.8. The maximum absolute atomic E-state index is 6.42. The van der Waals surface area contributed by atoms with Crippen LogP contribution in [0.5, 0.6) is 0 Å². The summed E-state index contributed by atoms with van der Waals surface area (Å²) in [5, 5.41) is 3.58. The molecule has 5 nitrogen and oxygen atoms in total. The van der Waals surface area contributed by atoms with Gasteiger partial charge in [0, 0.05) is 25.7 Å². The summed E-state index contributed by atoms with van der Waals surface area (Å²) < 4.78 is 0. The van der Waals surface area contributed by atoms with Crippen LogP contribution in [0.25, 0.3) is 0 Å². The van der Waals surface area contributed by atoms with Gasteiger partial charge < -0.3 is 16.4 Å². The van der Waals surface area contributed by atoms with Gasteiger partial charge in [-0.25, -0.2) is 0 Å². The van der Waals surface area contributed by atoms with E-state index in [0.29, 0.717) is 6.54 Å². The summed E-state index contributed by atoms with van der Waals surface area (Å²) in [6.07, 6.45) is 3.74. The summed E-state index contributed by atoms with van der Waals surface area (Å²) in [6.45, 7) is 2.44. The molecule has 0 bridgehead atoms. The standard InChI is InChI=1S/C13H31N5/c1-17(2)8-7-16-13(10-14,18(3)4)12(15)9-11-5-6-11/h11-12,16H,5-10,14-15H2,1-4H3. The van der Waals surface area contributed by atoms with Crippen molar-refractivity contribution >= 4 is 0 Å². The first-order valence-corrected chi connectivity index (χ1v) is 6.95. The van der Waals surface area contributed by atoms with Crippen LogP contribution in [-0.4, -0.2) is 69.3 Å². The van der Waals surface area contributed by atoms with Crippen molar-refractivity contribution in [2.45, 2.75) is 31.0 Å². The first-order chi connectivity index (χ1) is 8.42. The van der Waals surface area contributed by atoms with Crippen LogP contribution < -0.4 is 16.8 Å². The third-order valence-electron chi connectivity index (χ3n) is 4.00. The first kappa shape index (κ1) is 15.9. The van der Waals surface area contributed by atoms with E-state index in [9.17, 15) is 0 Å². The van der Waals surface area contributed by atoms with Crippen molar-refractivity contribution in [1.29, 1.82) is 0 Å². The minimum Gasteiger partial charge on any atom is -0.327 e. The smallest absolute Gasteiger partial charge is 0.0989 e. The van der Waals surface area contributed by atoms with Crippen molar-refractivity contribution in [3.8, 4) is 0 Å². The lowest BCUT2D eigenvalue weighted by Crippen LogP contribution is -2.70. The van der Waals surface area contributed by atoms with Gasteiger partial charge in [-0.05, 0) is 40.5 Å². The summed E-state index contributed by atoms with van der Waals surface area (Å²) in [7, 11) is 8.27. The molecule has 5 N–H and O–H groups in total. The third kappa shape index (κ3) is 4.17. The van der Waals surface area contributed by atoms with Gasteiger partial charge in [0.2, 0.25) is 0 Å². The molecule has 1 saturated carbocycles. The van der Waals surface area contributed by atoms with Crippen molar-refractivity contribution < 1.29 is 0 Å². The molecule has 1 rings (SSSR count). The molecular formula is C13H31N5. The van der Waals surface area contributed by atoms with E-state index in [1.165, 1.54) is 12.8 Å². The van der Waals surface area contributed by atoms with E-state index in [4.69, 9.17) is 11.5 Å². The summed E-state index contributed by atoms with van der Waals surface area (Å²) in [5.74, 6) is 0.821. The molecule has 1 fully saturated rings. The molecule has 1 aliphatic rings. The van der Waals surface area contributed by atoms with Crippen molar-refractivity contribution in [1.82, 2.24) is 15.1 Å². The molecule has 0 aromatic rings. The van der Waals surface area contributed by atoms with E-state index in [2.05, 4.69) is 43.3 Å². The van der Waals surface area contributed by atoms with Gasteiger partial charge in [0.1, 0.15) is 0 Å². The van der Waals surface area contributed by atoms with Crippen molar-refractivity contribution in [3.63, 3.8) is 0 Å². The largest absolute Gasteiger partial charge is 0.327 e. The van der Waals surface area contributed by atoms with Gasteiger partial charge in [-0.15, -0.1) is 0 Å².